The summed E-state index contributed by atoms with van der Waals surface area (Å²) in [5, 5.41) is 5.55. The summed E-state index contributed by atoms with van der Waals surface area (Å²) in [4.78, 5) is 29.1. The molecule has 2 heterocycles. The molecule has 0 atom stereocenters. The Kier molecular flexibility index (Phi) is 6.48. The van der Waals surface area contributed by atoms with Gasteiger partial charge in [-0.1, -0.05) is 44.0 Å². The molecular formula is C22H28Cl2N4O2. The van der Waals surface area contributed by atoms with Crippen LogP contribution in [0.15, 0.2) is 18.2 Å². The molecule has 2 aromatic rings. The molecule has 0 bridgehead atoms. The van der Waals surface area contributed by atoms with E-state index in [9.17, 15) is 9.59 Å². The van der Waals surface area contributed by atoms with Crippen molar-refractivity contribution in [3.05, 3.63) is 45.2 Å². The number of halogens is 2. The molecule has 162 valence electrons. The van der Waals surface area contributed by atoms with Crippen molar-refractivity contribution in [3.8, 4) is 5.69 Å². The monoisotopic (exact) mass is 450 g/mol. The molecular weight excluding hydrogens is 423 g/mol. The Morgan fingerprint density at radius 2 is 1.60 bits per heavy atom. The van der Waals surface area contributed by atoms with E-state index in [2.05, 4.69) is 5.10 Å². The maximum absolute atomic E-state index is 12.9. The minimum atomic E-state index is -0.403. The van der Waals surface area contributed by atoms with Gasteiger partial charge in [-0.05, 0) is 32.0 Å². The number of carbonyl (C=O) groups excluding carboxylic acids is 2. The van der Waals surface area contributed by atoms with Crippen LogP contribution in [0, 0.1) is 19.3 Å². The van der Waals surface area contributed by atoms with Crippen LogP contribution in [0.5, 0.6) is 0 Å². The summed E-state index contributed by atoms with van der Waals surface area (Å²) in [5.41, 5.74) is 3.03. The number of hydrogen-bond donors (Lipinski definition) is 0. The van der Waals surface area contributed by atoms with Crippen molar-refractivity contribution in [2.24, 2.45) is 5.41 Å². The van der Waals surface area contributed by atoms with Crippen LogP contribution in [0.1, 0.15) is 37.7 Å². The fourth-order valence-corrected chi connectivity index (χ4v) is 3.99. The summed E-state index contributed by atoms with van der Waals surface area (Å²) in [6, 6.07) is 5.35. The number of nitrogens with zero attached hydrogens (tertiary/aromatic N) is 4. The highest BCUT2D eigenvalue weighted by Gasteiger charge is 2.31. The Labute approximate surface area is 187 Å². The van der Waals surface area contributed by atoms with Gasteiger partial charge in [0, 0.05) is 42.9 Å². The molecule has 0 spiro atoms. The Morgan fingerprint density at radius 3 is 2.17 bits per heavy atom. The first-order chi connectivity index (χ1) is 14.0. The molecule has 0 saturated carbocycles. The number of benzene rings is 1. The Bertz CT molecular complexity index is 970. The third kappa shape index (κ3) is 4.65. The molecule has 0 aliphatic carbocycles. The van der Waals surface area contributed by atoms with Crippen LogP contribution >= 0.6 is 23.2 Å². The number of carbonyl (C=O) groups is 2. The zero-order valence-electron chi connectivity index (χ0n) is 18.1. The van der Waals surface area contributed by atoms with E-state index in [1.54, 1.807) is 16.8 Å². The lowest BCUT2D eigenvalue weighted by Gasteiger charge is -2.37. The highest BCUT2D eigenvalue weighted by Crippen LogP contribution is 2.26. The van der Waals surface area contributed by atoms with Gasteiger partial charge in [-0.25, -0.2) is 4.68 Å². The van der Waals surface area contributed by atoms with Crippen LogP contribution in [0.2, 0.25) is 10.0 Å². The van der Waals surface area contributed by atoms with E-state index in [-0.39, 0.29) is 18.2 Å². The highest BCUT2D eigenvalue weighted by molar-refractivity contribution is 6.42. The van der Waals surface area contributed by atoms with Crippen LogP contribution in [0.3, 0.4) is 0 Å². The van der Waals surface area contributed by atoms with Gasteiger partial charge < -0.3 is 9.80 Å². The summed E-state index contributed by atoms with van der Waals surface area (Å²) in [6.07, 6.45) is 0.284. The average molecular weight is 451 g/mol. The molecule has 2 amide bonds. The van der Waals surface area contributed by atoms with Gasteiger partial charge in [-0.2, -0.15) is 5.10 Å². The molecule has 30 heavy (non-hydrogen) atoms. The van der Waals surface area contributed by atoms with E-state index in [4.69, 9.17) is 23.2 Å². The first kappa shape index (κ1) is 22.6. The minimum absolute atomic E-state index is 0.0535. The normalized spacial score (nSPS) is 14.9. The minimum Gasteiger partial charge on any atom is -0.339 e. The Morgan fingerprint density at radius 1 is 1.00 bits per heavy atom. The summed E-state index contributed by atoms with van der Waals surface area (Å²) < 4.78 is 1.79. The van der Waals surface area contributed by atoms with E-state index in [0.717, 1.165) is 22.6 Å². The summed E-state index contributed by atoms with van der Waals surface area (Å²) in [5.74, 6) is 0.182. The SMILES string of the molecule is Cc1nn(-c2ccc(Cl)c(Cl)c2)c(C)c1CC(=O)N1CCN(C(=O)C(C)(C)C)CC1. The molecule has 0 unspecified atom stereocenters. The fraction of sp³-hybridized carbons (Fsp3) is 0.500. The van der Waals surface area contributed by atoms with E-state index in [1.165, 1.54) is 0 Å². The zero-order chi connectivity index (χ0) is 22.2. The van der Waals surface area contributed by atoms with Crippen molar-refractivity contribution in [1.82, 2.24) is 19.6 Å². The molecule has 8 heteroatoms. The van der Waals surface area contributed by atoms with Gasteiger partial charge in [0.2, 0.25) is 11.8 Å². The van der Waals surface area contributed by atoms with Crippen molar-refractivity contribution in [2.75, 3.05) is 26.2 Å². The fourth-order valence-electron chi connectivity index (χ4n) is 3.70. The third-order valence-electron chi connectivity index (χ3n) is 5.48. The molecule has 1 aromatic heterocycles. The molecule has 0 radical (unpaired) electrons. The number of rotatable bonds is 3. The largest absolute Gasteiger partial charge is 0.339 e. The second kappa shape index (κ2) is 8.60. The number of aryl methyl sites for hydroxylation is 1. The summed E-state index contributed by atoms with van der Waals surface area (Å²) in [6.45, 7) is 11.9. The van der Waals surface area contributed by atoms with Gasteiger partial charge in [-0.3, -0.25) is 9.59 Å². The second-order valence-electron chi connectivity index (χ2n) is 8.76. The predicted molar refractivity (Wildman–Crippen MR) is 119 cm³/mol. The Balaban J connectivity index is 1.70. The van der Waals surface area contributed by atoms with Gasteiger partial charge >= 0.3 is 0 Å². The molecule has 6 nitrogen and oxygen atoms in total. The lowest BCUT2D eigenvalue weighted by Crippen LogP contribution is -2.53. The summed E-state index contributed by atoms with van der Waals surface area (Å²) in [7, 11) is 0. The van der Waals surface area contributed by atoms with Gasteiger partial charge in [-0.15, -0.1) is 0 Å². The van der Waals surface area contributed by atoms with E-state index >= 15 is 0 Å². The third-order valence-corrected chi connectivity index (χ3v) is 6.22. The molecule has 1 aliphatic heterocycles. The number of hydrogen-bond acceptors (Lipinski definition) is 3. The predicted octanol–water partition coefficient (Wildman–Crippen LogP) is 4.06. The second-order valence-corrected chi connectivity index (χ2v) is 9.57. The molecule has 0 N–H and O–H groups in total. The molecule has 1 aromatic carbocycles. The van der Waals surface area contributed by atoms with Crippen LogP contribution in [0.4, 0.5) is 0 Å². The van der Waals surface area contributed by atoms with Crippen molar-refractivity contribution >= 4 is 35.0 Å². The van der Waals surface area contributed by atoms with Crippen LogP contribution in [-0.2, 0) is 16.0 Å². The number of piperazine rings is 1. The summed E-state index contributed by atoms with van der Waals surface area (Å²) >= 11 is 12.2. The van der Waals surface area contributed by atoms with E-state index in [0.29, 0.717) is 36.2 Å². The van der Waals surface area contributed by atoms with E-state index < -0.39 is 5.41 Å². The van der Waals surface area contributed by atoms with Crippen LogP contribution in [-0.4, -0.2) is 57.6 Å². The zero-order valence-corrected chi connectivity index (χ0v) is 19.6. The smallest absolute Gasteiger partial charge is 0.228 e. The van der Waals surface area contributed by atoms with Gasteiger partial charge in [0.05, 0.1) is 27.8 Å². The van der Waals surface area contributed by atoms with Gasteiger partial charge in [0.1, 0.15) is 0 Å². The molecule has 1 fully saturated rings. The van der Waals surface area contributed by atoms with Crippen molar-refractivity contribution in [2.45, 2.75) is 41.0 Å². The number of amides is 2. The maximum Gasteiger partial charge on any atom is 0.228 e. The maximum atomic E-state index is 12.9. The lowest BCUT2D eigenvalue weighted by atomic mass is 9.94. The topological polar surface area (TPSA) is 58.4 Å². The van der Waals surface area contributed by atoms with Crippen molar-refractivity contribution < 1.29 is 9.59 Å². The van der Waals surface area contributed by atoms with Crippen LogP contribution < -0.4 is 0 Å². The van der Waals surface area contributed by atoms with E-state index in [1.807, 2.05) is 50.5 Å². The van der Waals surface area contributed by atoms with Crippen molar-refractivity contribution in [3.63, 3.8) is 0 Å². The standard InChI is InChI=1S/C22H28Cl2N4O2/c1-14-17(15(2)28(25-14)16-6-7-18(23)19(24)12-16)13-20(29)26-8-10-27(11-9-26)21(30)22(3,4)5/h6-7,12H,8-11,13H2,1-5H3. The van der Waals surface area contributed by atoms with Crippen molar-refractivity contribution in [1.29, 1.82) is 0 Å². The Hall–Kier alpha value is -2.05. The quantitative estimate of drug-likeness (QED) is 0.708. The number of aromatic nitrogens is 2. The van der Waals surface area contributed by atoms with Gasteiger partial charge in [0.25, 0.3) is 0 Å². The first-order valence-electron chi connectivity index (χ1n) is 10.1. The molecule has 3 rings (SSSR count). The first-order valence-corrected chi connectivity index (χ1v) is 10.8. The average Bonchev–Trinajstić information content (AvgIpc) is 2.97. The molecule has 1 saturated heterocycles. The highest BCUT2D eigenvalue weighted by atomic mass is 35.5. The lowest BCUT2D eigenvalue weighted by molar-refractivity contribution is -0.144. The molecule has 1 aliphatic rings. The van der Waals surface area contributed by atoms with Gasteiger partial charge in [0.15, 0.2) is 0 Å². The van der Waals surface area contributed by atoms with Crippen LogP contribution in [0.25, 0.3) is 5.69 Å².